The van der Waals surface area contributed by atoms with E-state index in [2.05, 4.69) is 0 Å². The molecular formula is C36H41NO6. The van der Waals surface area contributed by atoms with Crippen molar-refractivity contribution < 1.29 is 28.4 Å². The zero-order valence-electron chi connectivity index (χ0n) is 24.4. The Morgan fingerprint density at radius 1 is 0.488 bits per heavy atom. The fourth-order valence-corrected chi connectivity index (χ4v) is 5.07. The molecule has 0 aromatic heterocycles. The number of nitrogens with two attached hydrogens (primary N) is 1. The van der Waals surface area contributed by atoms with Crippen LogP contribution in [-0.2, 0) is 54.8 Å². The van der Waals surface area contributed by atoms with Crippen molar-refractivity contribution in [3.63, 3.8) is 0 Å². The summed E-state index contributed by atoms with van der Waals surface area (Å²) >= 11 is 0. The van der Waals surface area contributed by atoms with Gasteiger partial charge >= 0.3 is 0 Å². The molecule has 43 heavy (non-hydrogen) atoms. The lowest BCUT2D eigenvalue weighted by atomic mass is 9.97. The Morgan fingerprint density at radius 3 is 1.37 bits per heavy atom. The Labute approximate surface area is 254 Å². The van der Waals surface area contributed by atoms with Crippen molar-refractivity contribution in [3.05, 3.63) is 144 Å². The molecule has 0 spiro atoms. The van der Waals surface area contributed by atoms with Gasteiger partial charge in [-0.1, -0.05) is 121 Å². The first kappa shape index (κ1) is 31.0. The highest BCUT2D eigenvalue weighted by Gasteiger charge is 2.49. The van der Waals surface area contributed by atoms with Crippen molar-refractivity contribution in [1.82, 2.24) is 0 Å². The van der Waals surface area contributed by atoms with Crippen molar-refractivity contribution in [2.75, 3.05) is 19.8 Å². The SMILES string of the molecule is NCCO[C@@H]1O[C@H](COCc2ccccc2)[C@@H](OCc2ccccc2)[C@H](OCc2ccccc2)[C@H]1OCc1ccccc1. The molecule has 0 radical (unpaired) electrons. The lowest BCUT2D eigenvalue weighted by molar-refractivity contribution is -0.327. The highest BCUT2D eigenvalue weighted by Crippen LogP contribution is 2.31. The van der Waals surface area contributed by atoms with Gasteiger partial charge in [0.05, 0.1) is 39.6 Å². The smallest absolute Gasteiger partial charge is 0.187 e. The molecular weight excluding hydrogens is 542 g/mol. The van der Waals surface area contributed by atoms with E-state index >= 15 is 0 Å². The highest BCUT2D eigenvalue weighted by molar-refractivity contribution is 5.16. The molecule has 7 heteroatoms. The van der Waals surface area contributed by atoms with Crippen molar-refractivity contribution >= 4 is 0 Å². The van der Waals surface area contributed by atoms with Crippen LogP contribution >= 0.6 is 0 Å². The summed E-state index contributed by atoms with van der Waals surface area (Å²) in [5.41, 5.74) is 10.1. The fraction of sp³-hybridized carbons (Fsp3) is 0.333. The van der Waals surface area contributed by atoms with E-state index in [9.17, 15) is 0 Å². The first-order valence-corrected chi connectivity index (χ1v) is 14.9. The van der Waals surface area contributed by atoms with E-state index in [0.717, 1.165) is 22.3 Å². The normalized spacial score (nSPS) is 21.9. The Balaban J connectivity index is 1.41. The summed E-state index contributed by atoms with van der Waals surface area (Å²) in [6.07, 6.45) is -2.81. The van der Waals surface area contributed by atoms with Crippen molar-refractivity contribution in [1.29, 1.82) is 0 Å². The predicted octanol–water partition coefficient (Wildman–Crippen LogP) is 5.66. The second-order valence-electron chi connectivity index (χ2n) is 10.5. The van der Waals surface area contributed by atoms with E-state index in [1.54, 1.807) is 0 Å². The predicted molar refractivity (Wildman–Crippen MR) is 165 cm³/mol. The van der Waals surface area contributed by atoms with Gasteiger partial charge < -0.3 is 34.2 Å². The standard InChI is InChI=1S/C36H41NO6/c37-21-22-39-36-35(42-26-31-19-11-4-12-20-31)34(41-25-30-17-9-3-10-18-30)33(40-24-29-15-7-2-8-16-29)32(43-36)27-38-23-28-13-5-1-6-14-28/h1-20,32-36H,21-27,37H2/t32-,33-,34+,35-,36-/m1/s1. The molecule has 0 bridgehead atoms. The van der Waals surface area contributed by atoms with E-state index in [4.69, 9.17) is 34.2 Å². The van der Waals surface area contributed by atoms with Crippen molar-refractivity contribution in [3.8, 4) is 0 Å². The fourth-order valence-electron chi connectivity index (χ4n) is 5.07. The third kappa shape index (κ3) is 9.55. The molecule has 1 aliphatic heterocycles. The number of rotatable bonds is 16. The van der Waals surface area contributed by atoms with E-state index in [-0.39, 0.29) is 6.61 Å². The third-order valence-electron chi connectivity index (χ3n) is 7.24. The first-order valence-electron chi connectivity index (χ1n) is 14.9. The maximum absolute atomic E-state index is 6.68. The van der Waals surface area contributed by atoms with Gasteiger partial charge in [0.2, 0.25) is 0 Å². The summed E-state index contributed by atoms with van der Waals surface area (Å²) in [4.78, 5) is 0. The van der Waals surface area contributed by atoms with Gasteiger partial charge in [-0.2, -0.15) is 0 Å². The van der Waals surface area contributed by atoms with Gasteiger partial charge in [-0.15, -0.1) is 0 Å². The van der Waals surface area contributed by atoms with E-state index in [1.807, 2.05) is 121 Å². The van der Waals surface area contributed by atoms with E-state index < -0.39 is 30.7 Å². The summed E-state index contributed by atoms with van der Waals surface area (Å²) in [6.45, 7) is 2.52. The average Bonchev–Trinajstić information content (AvgIpc) is 3.07. The van der Waals surface area contributed by atoms with Crippen LogP contribution in [0.25, 0.3) is 0 Å². The lowest BCUT2D eigenvalue weighted by Crippen LogP contribution is -2.62. The maximum atomic E-state index is 6.68. The minimum absolute atomic E-state index is 0.285. The van der Waals surface area contributed by atoms with Crippen LogP contribution in [0.1, 0.15) is 22.3 Å². The minimum Gasteiger partial charge on any atom is -0.374 e. The molecule has 1 fully saturated rings. The summed E-state index contributed by atoms with van der Waals surface area (Å²) in [5, 5.41) is 0. The van der Waals surface area contributed by atoms with Crippen LogP contribution < -0.4 is 5.73 Å². The molecule has 5 rings (SSSR count). The Morgan fingerprint density at radius 2 is 0.907 bits per heavy atom. The molecule has 1 aliphatic rings. The molecule has 0 unspecified atom stereocenters. The van der Waals surface area contributed by atoms with E-state index in [0.29, 0.717) is 39.6 Å². The molecule has 4 aromatic rings. The minimum atomic E-state index is -0.727. The molecule has 2 N–H and O–H groups in total. The number of hydrogen-bond donors (Lipinski definition) is 1. The van der Waals surface area contributed by atoms with Gasteiger partial charge in [-0.25, -0.2) is 0 Å². The molecule has 5 atom stereocenters. The van der Waals surface area contributed by atoms with Crippen molar-refractivity contribution in [2.24, 2.45) is 5.73 Å². The van der Waals surface area contributed by atoms with Gasteiger partial charge in [-0.05, 0) is 22.3 Å². The highest BCUT2D eigenvalue weighted by atomic mass is 16.7. The number of hydrogen-bond acceptors (Lipinski definition) is 7. The van der Waals surface area contributed by atoms with Crippen LogP contribution in [0.2, 0.25) is 0 Å². The third-order valence-corrected chi connectivity index (χ3v) is 7.24. The molecule has 0 amide bonds. The monoisotopic (exact) mass is 583 g/mol. The zero-order chi connectivity index (χ0) is 29.5. The Bertz CT molecular complexity index is 1290. The quantitative estimate of drug-likeness (QED) is 0.182. The van der Waals surface area contributed by atoms with Gasteiger partial charge in [0.25, 0.3) is 0 Å². The molecule has 4 aromatic carbocycles. The summed E-state index contributed by atoms with van der Waals surface area (Å²) in [7, 11) is 0. The molecule has 7 nitrogen and oxygen atoms in total. The van der Waals surface area contributed by atoms with Crippen LogP contribution in [0.5, 0.6) is 0 Å². The first-order chi connectivity index (χ1) is 21.3. The lowest BCUT2D eigenvalue weighted by Gasteiger charge is -2.45. The number of ether oxygens (including phenoxy) is 6. The summed E-state index contributed by atoms with van der Waals surface area (Å²) in [5.74, 6) is 0. The molecule has 0 saturated carbocycles. The van der Waals surface area contributed by atoms with Gasteiger partial charge in [-0.3, -0.25) is 0 Å². The second kappa shape index (κ2) is 17.0. The largest absolute Gasteiger partial charge is 0.374 e. The second-order valence-corrected chi connectivity index (χ2v) is 10.5. The molecule has 0 aliphatic carbocycles. The molecule has 1 heterocycles. The average molecular weight is 584 g/mol. The summed E-state index contributed by atoms with van der Waals surface area (Å²) in [6, 6.07) is 40.3. The van der Waals surface area contributed by atoms with Crippen LogP contribution in [-0.4, -0.2) is 50.5 Å². The topological polar surface area (TPSA) is 81.4 Å². The number of benzene rings is 4. The van der Waals surface area contributed by atoms with Gasteiger partial charge in [0.1, 0.15) is 24.4 Å². The molecule has 1 saturated heterocycles. The van der Waals surface area contributed by atoms with Crippen molar-refractivity contribution in [2.45, 2.75) is 57.1 Å². The van der Waals surface area contributed by atoms with Crippen LogP contribution in [0.15, 0.2) is 121 Å². The maximum Gasteiger partial charge on any atom is 0.187 e. The van der Waals surface area contributed by atoms with Crippen LogP contribution in [0.4, 0.5) is 0 Å². The Kier molecular flexibility index (Phi) is 12.3. The van der Waals surface area contributed by atoms with Gasteiger partial charge in [0.15, 0.2) is 6.29 Å². The van der Waals surface area contributed by atoms with Crippen LogP contribution in [0.3, 0.4) is 0 Å². The van der Waals surface area contributed by atoms with E-state index in [1.165, 1.54) is 0 Å². The van der Waals surface area contributed by atoms with Crippen LogP contribution in [0, 0.1) is 0 Å². The Hall–Kier alpha value is -3.40. The zero-order valence-corrected chi connectivity index (χ0v) is 24.4. The molecule has 226 valence electrons. The summed E-state index contributed by atoms with van der Waals surface area (Å²) < 4.78 is 38.8. The van der Waals surface area contributed by atoms with Gasteiger partial charge in [0, 0.05) is 6.54 Å².